The molecule has 0 bridgehead atoms. The maximum Gasteiger partial charge on any atom is 0.0170 e. The number of hydrogen-bond acceptors (Lipinski definition) is 2. The van der Waals surface area contributed by atoms with E-state index in [0.29, 0.717) is 6.04 Å². The maximum atomic E-state index is 6.31. The van der Waals surface area contributed by atoms with Gasteiger partial charge in [0.25, 0.3) is 0 Å². The van der Waals surface area contributed by atoms with Crippen molar-refractivity contribution in [2.45, 2.75) is 45.1 Å². The molecule has 2 nitrogen and oxygen atoms in total. The molecule has 2 heteroatoms. The van der Waals surface area contributed by atoms with Crippen LogP contribution in [0.5, 0.6) is 0 Å². The number of aryl methyl sites for hydroxylation is 1. The van der Waals surface area contributed by atoms with Crippen LogP contribution >= 0.6 is 0 Å². The molecule has 0 aliphatic heterocycles. The van der Waals surface area contributed by atoms with Gasteiger partial charge in [-0.3, -0.25) is 0 Å². The van der Waals surface area contributed by atoms with E-state index in [9.17, 15) is 0 Å². The van der Waals surface area contributed by atoms with Gasteiger partial charge in [-0.1, -0.05) is 37.3 Å². The molecule has 0 spiro atoms. The van der Waals surface area contributed by atoms with Crippen LogP contribution in [-0.4, -0.2) is 30.6 Å². The van der Waals surface area contributed by atoms with E-state index in [1.165, 1.54) is 37.9 Å². The zero-order valence-corrected chi connectivity index (χ0v) is 12.2. The Morgan fingerprint density at radius 3 is 2.63 bits per heavy atom. The van der Waals surface area contributed by atoms with E-state index in [1.54, 1.807) is 0 Å². The molecule has 1 aromatic rings. The molecule has 1 aliphatic rings. The highest BCUT2D eigenvalue weighted by atomic mass is 15.1. The van der Waals surface area contributed by atoms with Crippen LogP contribution < -0.4 is 5.73 Å². The van der Waals surface area contributed by atoms with E-state index in [1.807, 2.05) is 0 Å². The molecule has 1 aliphatic carbocycles. The molecule has 1 aromatic carbocycles. The second-order valence-electron chi connectivity index (χ2n) is 5.99. The summed E-state index contributed by atoms with van der Waals surface area (Å²) in [6, 6.07) is 11.0. The summed E-state index contributed by atoms with van der Waals surface area (Å²) in [5, 5.41) is 0. The quantitative estimate of drug-likeness (QED) is 0.739. The second-order valence-corrected chi connectivity index (χ2v) is 5.99. The van der Waals surface area contributed by atoms with Crippen molar-refractivity contribution < 1.29 is 0 Å². The molecular formula is C17H28N2. The van der Waals surface area contributed by atoms with E-state index in [2.05, 4.69) is 42.2 Å². The van der Waals surface area contributed by atoms with Crippen molar-refractivity contribution in [1.82, 2.24) is 4.90 Å². The fourth-order valence-corrected chi connectivity index (χ4v) is 2.66. The Hall–Kier alpha value is -0.860. The van der Waals surface area contributed by atoms with Crippen molar-refractivity contribution in [2.24, 2.45) is 11.7 Å². The van der Waals surface area contributed by atoms with Crippen molar-refractivity contribution in [3.8, 4) is 0 Å². The summed E-state index contributed by atoms with van der Waals surface area (Å²) in [6.07, 6.45) is 6.29. The highest BCUT2D eigenvalue weighted by Crippen LogP contribution is 2.29. The summed E-state index contributed by atoms with van der Waals surface area (Å²) in [6.45, 7) is 5.80. The molecule has 0 aromatic heterocycles. The lowest BCUT2D eigenvalue weighted by Crippen LogP contribution is -2.39. The molecular weight excluding hydrogens is 232 g/mol. The maximum absolute atomic E-state index is 6.31. The largest absolute Gasteiger partial charge is 0.327 e. The minimum absolute atomic E-state index is 0.311. The van der Waals surface area contributed by atoms with Crippen LogP contribution in [-0.2, 0) is 6.42 Å². The summed E-state index contributed by atoms with van der Waals surface area (Å²) >= 11 is 0. The van der Waals surface area contributed by atoms with Crippen LogP contribution in [0.15, 0.2) is 30.3 Å². The highest BCUT2D eigenvalue weighted by Gasteiger charge is 2.24. The van der Waals surface area contributed by atoms with Crippen molar-refractivity contribution >= 4 is 0 Å². The van der Waals surface area contributed by atoms with E-state index in [4.69, 9.17) is 5.73 Å². The van der Waals surface area contributed by atoms with E-state index in [-0.39, 0.29) is 0 Å². The Morgan fingerprint density at radius 1 is 1.26 bits per heavy atom. The van der Waals surface area contributed by atoms with Gasteiger partial charge in [-0.15, -0.1) is 0 Å². The zero-order valence-electron chi connectivity index (χ0n) is 12.2. The van der Waals surface area contributed by atoms with Gasteiger partial charge >= 0.3 is 0 Å². The first-order chi connectivity index (χ1) is 9.28. The number of nitrogens with two attached hydrogens (primary N) is 1. The topological polar surface area (TPSA) is 29.3 Å². The van der Waals surface area contributed by atoms with Crippen molar-refractivity contribution in [2.75, 3.05) is 19.6 Å². The average molecular weight is 260 g/mol. The van der Waals surface area contributed by atoms with Gasteiger partial charge in [-0.2, -0.15) is 0 Å². The first kappa shape index (κ1) is 14.5. The zero-order chi connectivity index (χ0) is 13.5. The van der Waals surface area contributed by atoms with Crippen molar-refractivity contribution in [3.05, 3.63) is 35.9 Å². The lowest BCUT2D eigenvalue weighted by molar-refractivity contribution is 0.243. The van der Waals surface area contributed by atoms with Crippen LogP contribution in [0, 0.1) is 5.92 Å². The van der Waals surface area contributed by atoms with Crippen LogP contribution in [0.25, 0.3) is 0 Å². The Labute approximate surface area is 118 Å². The lowest BCUT2D eigenvalue weighted by atomic mass is 10.1. The van der Waals surface area contributed by atoms with Gasteiger partial charge in [0, 0.05) is 19.1 Å². The Bertz CT molecular complexity index is 346. The molecule has 1 saturated carbocycles. The van der Waals surface area contributed by atoms with Gasteiger partial charge in [0.15, 0.2) is 0 Å². The molecule has 0 amide bonds. The monoisotopic (exact) mass is 260 g/mol. The fourth-order valence-electron chi connectivity index (χ4n) is 2.66. The first-order valence-corrected chi connectivity index (χ1v) is 7.79. The predicted molar refractivity (Wildman–Crippen MR) is 82.2 cm³/mol. The van der Waals surface area contributed by atoms with Crippen LogP contribution in [0.4, 0.5) is 0 Å². The van der Waals surface area contributed by atoms with Crippen molar-refractivity contribution in [3.63, 3.8) is 0 Å². The van der Waals surface area contributed by atoms with Gasteiger partial charge < -0.3 is 10.6 Å². The number of hydrogen-bond donors (Lipinski definition) is 1. The predicted octanol–water partition coefficient (Wildman–Crippen LogP) is 3.07. The first-order valence-electron chi connectivity index (χ1n) is 7.79. The Morgan fingerprint density at radius 2 is 2.00 bits per heavy atom. The number of rotatable bonds is 9. The third-order valence-corrected chi connectivity index (χ3v) is 3.89. The molecule has 106 valence electrons. The fraction of sp³-hybridized carbons (Fsp3) is 0.647. The minimum Gasteiger partial charge on any atom is -0.327 e. The number of benzene rings is 1. The summed E-state index contributed by atoms with van der Waals surface area (Å²) in [7, 11) is 0. The van der Waals surface area contributed by atoms with Gasteiger partial charge in [-0.25, -0.2) is 0 Å². The van der Waals surface area contributed by atoms with Gasteiger partial charge in [0.2, 0.25) is 0 Å². The summed E-state index contributed by atoms with van der Waals surface area (Å²) < 4.78 is 0. The summed E-state index contributed by atoms with van der Waals surface area (Å²) in [5.41, 5.74) is 7.71. The molecule has 1 atom stereocenters. The molecule has 0 heterocycles. The molecule has 1 unspecified atom stereocenters. The Balaban J connectivity index is 1.70. The normalized spacial score (nSPS) is 16.8. The SMILES string of the molecule is CCCN(CC(N)CCc1ccccc1)CC1CC1. The lowest BCUT2D eigenvalue weighted by Gasteiger charge is -2.25. The summed E-state index contributed by atoms with van der Waals surface area (Å²) in [4.78, 5) is 2.58. The van der Waals surface area contributed by atoms with Crippen LogP contribution in [0.2, 0.25) is 0 Å². The third kappa shape index (κ3) is 5.75. The third-order valence-electron chi connectivity index (χ3n) is 3.89. The van der Waals surface area contributed by atoms with Gasteiger partial charge in [-0.05, 0) is 50.1 Å². The van der Waals surface area contributed by atoms with Gasteiger partial charge in [0.1, 0.15) is 0 Å². The molecule has 0 saturated heterocycles. The molecule has 19 heavy (non-hydrogen) atoms. The highest BCUT2D eigenvalue weighted by molar-refractivity contribution is 5.14. The molecule has 2 N–H and O–H groups in total. The van der Waals surface area contributed by atoms with Crippen molar-refractivity contribution in [1.29, 1.82) is 0 Å². The molecule has 0 radical (unpaired) electrons. The van der Waals surface area contributed by atoms with Crippen LogP contribution in [0.1, 0.15) is 38.2 Å². The standard InChI is InChI=1S/C17H28N2/c1-2-12-19(13-16-8-9-16)14-17(18)11-10-15-6-4-3-5-7-15/h3-7,16-17H,2,8-14,18H2,1H3. The molecule has 2 rings (SSSR count). The van der Waals surface area contributed by atoms with E-state index in [0.717, 1.165) is 25.3 Å². The van der Waals surface area contributed by atoms with E-state index >= 15 is 0 Å². The van der Waals surface area contributed by atoms with E-state index < -0.39 is 0 Å². The Kier molecular flexibility index (Phi) is 5.87. The number of nitrogens with zero attached hydrogens (tertiary/aromatic N) is 1. The second kappa shape index (κ2) is 7.66. The molecule has 1 fully saturated rings. The average Bonchev–Trinajstić information content (AvgIpc) is 3.22. The van der Waals surface area contributed by atoms with Crippen LogP contribution in [0.3, 0.4) is 0 Å². The van der Waals surface area contributed by atoms with Gasteiger partial charge in [0.05, 0.1) is 0 Å². The summed E-state index contributed by atoms with van der Waals surface area (Å²) in [5.74, 6) is 0.966. The smallest absolute Gasteiger partial charge is 0.0170 e. The minimum atomic E-state index is 0.311.